The van der Waals surface area contributed by atoms with Crippen molar-refractivity contribution in [2.45, 2.75) is 39.2 Å². The van der Waals surface area contributed by atoms with Crippen LogP contribution in [0.4, 0.5) is 11.8 Å². The second-order valence-corrected chi connectivity index (χ2v) is 7.19. The van der Waals surface area contributed by atoms with Crippen LogP contribution < -0.4 is 22.1 Å². The fourth-order valence-electron chi connectivity index (χ4n) is 2.35. The van der Waals surface area contributed by atoms with Crippen LogP contribution in [-0.2, 0) is 0 Å². The Morgan fingerprint density at radius 1 is 1.38 bits per heavy atom. The lowest BCUT2D eigenvalue weighted by Gasteiger charge is -2.15. The van der Waals surface area contributed by atoms with Crippen LogP contribution in [-0.4, -0.2) is 34.2 Å². The number of allylic oxidation sites excluding steroid dienone is 3. The summed E-state index contributed by atoms with van der Waals surface area (Å²) in [5, 5.41) is 6.20. The van der Waals surface area contributed by atoms with Gasteiger partial charge in [-0.3, -0.25) is 9.79 Å². The van der Waals surface area contributed by atoms with E-state index >= 15 is 0 Å². The van der Waals surface area contributed by atoms with Crippen molar-refractivity contribution in [3.05, 3.63) is 35.8 Å². The fourth-order valence-corrected chi connectivity index (χ4v) is 2.35. The molecule has 0 atom stereocenters. The highest BCUT2D eigenvalue weighted by Gasteiger charge is 2.15. The number of nitrogens with one attached hydrogen (secondary N) is 2. The molecule has 8 nitrogen and oxygen atoms in total. The second-order valence-electron chi connectivity index (χ2n) is 7.19. The number of aliphatic imine (C=N–C) groups is 1. The van der Waals surface area contributed by atoms with E-state index in [4.69, 9.17) is 11.5 Å². The molecule has 0 radical (unpaired) electrons. The molecule has 26 heavy (non-hydrogen) atoms. The third kappa shape index (κ3) is 5.87. The van der Waals surface area contributed by atoms with Crippen molar-refractivity contribution in [3.8, 4) is 0 Å². The summed E-state index contributed by atoms with van der Waals surface area (Å²) in [6.45, 7) is 6.65. The summed E-state index contributed by atoms with van der Waals surface area (Å²) in [6, 6.07) is 0. The van der Waals surface area contributed by atoms with Crippen molar-refractivity contribution in [2.75, 3.05) is 17.2 Å². The van der Waals surface area contributed by atoms with Crippen LogP contribution in [0.15, 0.2) is 35.2 Å². The monoisotopic (exact) mass is 357 g/mol. The predicted octanol–water partition coefficient (Wildman–Crippen LogP) is 2.03. The van der Waals surface area contributed by atoms with Gasteiger partial charge in [0.05, 0.1) is 16.8 Å². The van der Waals surface area contributed by atoms with E-state index in [-0.39, 0.29) is 11.1 Å². The first kappa shape index (κ1) is 19.4. The van der Waals surface area contributed by atoms with Gasteiger partial charge in [-0.1, -0.05) is 12.2 Å². The van der Waals surface area contributed by atoms with E-state index in [2.05, 4.69) is 37.7 Å². The minimum absolute atomic E-state index is 0.228. The molecule has 0 aliphatic heterocycles. The van der Waals surface area contributed by atoms with Crippen LogP contribution in [0.5, 0.6) is 0 Å². The molecule has 1 aromatic rings. The molecule has 1 aromatic heterocycles. The molecule has 0 saturated carbocycles. The van der Waals surface area contributed by atoms with E-state index in [1.807, 2.05) is 20.8 Å². The van der Waals surface area contributed by atoms with Crippen molar-refractivity contribution >= 4 is 23.9 Å². The van der Waals surface area contributed by atoms with Crippen molar-refractivity contribution in [1.29, 1.82) is 0 Å². The molecule has 0 saturated heterocycles. The van der Waals surface area contributed by atoms with Crippen molar-refractivity contribution < 1.29 is 4.79 Å². The molecule has 6 N–H and O–H groups in total. The van der Waals surface area contributed by atoms with Gasteiger partial charge in [-0.15, -0.1) is 0 Å². The number of amides is 1. The van der Waals surface area contributed by atoms with Gasteiger partial charge in [-0.05, 0) is 39.5 Å². The Hall–Kier alpha value is -2.90. The van der Waals surface area contributed by atoms with Crippen LogP contribution in [0.3, 0.4) is 0 Å². The Morgan fingerprint density at radius 2 is 2.08 bits per heavy atom. The van der Waals surface area contributed by atoms with Gasteiger partial charge in [0.15, 0.2) is 0 Å². The minimum atomic E-state index is -0.576. The topological polar surface area (TPSA) is 131 Å². The smallest absolute Gasteiger partial charge is 0.254 e. The zero-order valence-corrected chi connectivity index (χ0v) is 15.5. The highest BCUT2D eigenvalue weighted by Crippen LogP contribution is 2.20. The lowest BCUT2D eigenvalue weighted by Crippen LogP contribution is -2.20. The first-order valence-corrected chi connectivity index (χ1v) is 8.58. The number of rotatable bonds is 7. The van der Waals surface area contributed by atoms with E-state index in [0.29, 0.717) is 29.9 Å². The van der Waals surface area contributed by atoms with Gasteiger partial charge >= 0.3 is 0 Å². The standard InChI is InChI=1S/C18H27N7O/c1-18(2,3)23-10-13(8-19)24-17-22-11-14(15(20)26)16(25-17)21-9-12-6-4-5-7-12/h4-5,8,10-12H,6-7,9,19H2,1-3H3,(H2,20,26)(H2,21,22,24,25). The maximum Gasteiger partial charge on any atom is 0.254 e. The normalized spacial score (nSPS) is 15.6. The van der Waals surface area contributed by atoms with E-state index in [9.17, 15) is 4.79 Å². The summed E-state index contributed by atoms with van der Waals surface area (Å²) >= 11 is 0. The molecule has 8 heteroatoms. The summed E-state index contributed by atoms with van der Waals surface area (Å²) in [7, 11) is 0. The van der Waals surface area contributed by atoms with E-state index in [0.717, 1.165) is 12.8 Å². The molecule has 0 fully saturated rings. The Labute approximate surface area is 153 Å². The SMILES string of the molecule is CC(C)(C)N=CC(=CN)Nc1ncc(C(N)=O)c(NCC2CC=CC2)n1. The van der Waals surface area contributed by atoms with E-state index < -0.39 is 5.91 Å². The van der Waals surface area contributed by atoms with Crippen molar-refractivity contribution in [1.82, 2.24) is 9.97 Å². The summed E-state index contributed by atoms with van der Waals surface area (Å²) in [5.41, 5.74) is 11.6. The summed E-state index contributed by atoms with van der Waals surface area (Å²) in [4.78, 5) is 24.5. The molecular weight excluding hydrogens is 330 g/mol. The first-order chi connectivity index (χ1) is 12.3. The number of carbonyl (C=O) groups is 1. The molecule has 1 aliphatic carbocycles. The molecule has 0 spiro atoms. The van der Waals surface area contributed by atoms with Crippen LogP contribution in [0.2, 0.25) is 0 Å². The Kier molecular flexibility index (Phi) is 6.32. The van der Waals surface area contributed by atoms with Gasteiger partial charge in [0, 0.05) is 25.2 Å². The molecule has 0 unspecified atom stereocenters. The summed E-state index contributed by atoms with van der Waals surface area (Å²) in [5.74, 6) is 0.623. The largest absolute Gasteiger partial charge is 0.403 e. The molecule has 0 aromatic carbocycles. The zero-order chi connectivity index (χ0) is 19.2. The predicted molar refractivity (Wildman–Crippen MR) is 105 cm³/mol. The number of anilines is 2. The molecule has 0 bridgehead atoms. The van der Waals surface area contributed by atoms with E-state index in [1.54, 1.807) is 6.21 Å². The van der Waals surface area contributed by atoms with Crippen molar-refractivity contribution in [3.63, 3.8) is 0 Å². The Morgan fingerprint density at radius 3 is 2.65 bits per heavy atom. The maximum atomic E-state index is 11.6. The lowest BCUT2D eigenvalue weighted by atomic mass is 10.1. The summed E-state index contributed by atoms with van der Waals surface area (Å²) < 4.78 is 0. The Balaban J connectivity index is 2.14. The highest BCUT2D eigenvalue weighted by molar-refractivity contribution is 5.97. The van der Waals surface area contributed by atoms with Gasteiger partial charge in [0.1, 0.15) is 5.82 Å². The van der Waals surface area contributed by atoms with Gasteiger partial charge in [0.2, 0.25) is 5.95 Å². The third-order valence-electron chi connectivity index (χ3n) is 3.74. The Bertz CT molecular complexity index is 724. The highest BCUT2D eigenvalue weighted by atomic mass is 16.1. The zero-order valence-electron chi connectivity index (χ0n) is 15.5. The van der Waals surface area contributed by atoms with Crippen LogP contribution in [0, 0.1) is 5.92 Å². The second kappa shape index (κ2) is 8.46. The van der Waals surface area contributed by atoms with Gasteiger partial charge in [0.25, 0.3) is 5.91 Å². The van der Waals surface area contributed by atoms with Crippen LogP contribution in [0.25, 0.3) is 0 Å². The number of carbonyl (C=O) groups excluding carboxylic acids is 1. The molecule has 140 valence electrons. The minimum Gasteiger partial charge on any atom is -0.403 e. The number of aromatic nitrogens is 2. The maximum absolute atomic E-state index is 11.6. The van der Waals surface area contributed by atoms with Gasteiger partial charge in [-0.2, -0.15) is 4.98 Å². The molecule has 1 heterocycles. The number of hydrogen-bond donors (Lipinski definition) is 4. The number of nitrogens with two attached hydrogens (primary N) is 2. The molecule has 2 rings (SSSR count). The number of nitrogens with zero attached hydrogens (tertiary/aromatic N) is 3. The number of hydrogen-bond acceptors (Lipinski definition) is 7. The average Bonchev–Trinajstić information content (AvgIpc) is 3.09. The molecule has 1 amide bonds. The quantitative estimate of drug-likeness (QED) is 0.436. The first-order valence-electron chi connectivity index (χ1n) is 8.58. The summed E-state index contributed by atoms with van der Waals surface area (Å²) in [6.07, 6.45) is 10.8. The number of primary amides is 1. The fraction of sp³-hybridized carbons (Fsp3) is 0.444. The average molecular weight is 357 g/mol. The van der Waals surface area contributed by atoms with Crippen LogP contribution >= 0.6 is 0 Å². The van der Waals surface area contributed by atoms with Crippen molar-refractivity contribution in [2.24, 2.45) is 22.4 Å². The third-order valence-corrected chi connectivity index (χ3v) is 3.74. The molecular formula is C18H27N7O. The van der Waals surface area contributed by atoms with Gasteiger partial charge < -0.3 is 22.1 Å². The molecule has 1 aliphatic rings. The van der Waals surface area contributed by atoms with Gasteiger partial charge in [-0.25, -0.2) is 4.98 Å². The van der Waals surface area contributed by atoms with E-state index in [1.165, 1.54) is 12.4 Å². The van der Waals surface area contributed by atoms with Crippen LogP contribution in [0.1, 0.15) is 44.0 Å². The lowest BCUT2D eigenvalue weighted by molar-refractivity contribution is 0.100.